The van der Waals surface area contributed by atoms with Gasteiger partial charge in [-0.15, -0.1) is 0 Å². The van der Waals surface area contributed by atoms with E-state index in [0.717, 1.165) is 0 Å². The molecule has 0 saturated heterocycles. The van der Waals surface area contributed by atoms with Gasteiger partial charge in [-0.05, 0) is 18.2 Å². The summed E-state index contributed by atoms with van der Waals surface area (Å²) in [6, 6.07) is 5.35. The summed E-state index contributed by atoms with van der Waals surface area (Å²) in [6.07, 6.45) is 1.50. The number of benzene rings is 1. The normalized spacial score (nSPS) is 10.2. The van der Waals surface area contributed by atoms with Crippen molar-refractivity contribution in [3.05, 3.63) is 47.0 Å². The van der Waals surface area contributed by atoms with Crippen LogP contribution in [-0.2, 0) is 0 Å². The van der Waals surface area contributed by atoms with Gasteiger partial charge in [-0.3, -0.25) is 4.79 Å². The van der Waals surface area contributed by atoms with Crippen molar-refractivity contribution < 1.29 is 13.9 Å². The number of aromatic nitrogens is 1. The number of carbonyl (C=O) groups is 1. The highest BCUT2D eigenvalue weighted by atomic mass is 35.5. The SMILES string of the molecule is COc1cc(F)ccc1NC(=O)c1cc(Cl)c[nH]1. The molecule has 0 aliphatic carbocycles. The van der Waals surface area contributed by atoms with Gasteiger partial charge >= 0.3 is 0 Å². The molecule has 0 fully saturated rings. The molecule has 0 saturated carbocycles. The van der Waals surface area contributed by atoms with E-state index < -0.39 is 5.82 Å². The van der Waals surface area contributed by atoms with Crippen LogP contribution in [0.2, 0.25) is 5.02 Å². The molecule has 18 heavy (non-hydrogen) atoms. The number of nitrogens with one attached hydrogen (secondary N) is 2. The Hall–Kier alpha value is -2.01. The number of aromatic amines is 1. The molecule has 1 aromatic heterocycles. The predicted molar refractivity (Wildman–Crippen MR) is 66.7 cm³/mol. The van der Waals surface area contributed by atoms with Crippen LogP contribution in [0.15, 0.2) is 30.5 Å². The molecular formula is C12H10ClFN2O2. The Morgan fingerprint density at radius 1 is 1.44 bits per heavy atom. The molecular weight excluding hydrogens is 259 g/mol. The highest BCUT2D eigenvalue weighted by Gasteiger charge is 2.11. The van der Waals surface area contributed by atoms with Crippen LogP contribution in [0.25, 0.3) is 0 Å². The lowest BCUT2D eigenvalue weighted by Gasteiger charge is -2.09. The monoisotopic (exact) mass is 268 g/mol. The lowest BCUT2D eigenvalue weighted by Crippen LogP contribution is -2.13. The Labute approximate surface area is 108 Å². The molecule has 94 valence electrons. The first-order valence-electron chi connectivity index (χ1n) is 5.09. The third kappa shape index (κ3) is 2.62. The van der Waals surface area contributed by atoms with E-state index in [1.54, 1.807) is 0 Å². The number of amides is 1. The van der Waals surface area contributed by atoms with Gasteiger partial charge in [-0.2, -0.15) is 0 Å². The molecule has 0 aliphatic rings. The first kappa shape index (κ1) is 12.4. The second-order valence-electron chi connectivity index (χ2n) is 3.53. The van der Waals surface area contributed by atoms with Gasteiger partial charge in [0.2, 0.25) is 0 Å². The molecule has 0 spiro atoms. The number of methoxy groups -OCH3 is 1. The van der Waals surface area contributed by atoms with Crippen molar-refractivity contribution in [2.24, 2.45) is 0 Å². The van der Waals surface area contributed by atoms with Crippen LogP contribution >= 0.6 is 11.6 Å². The van der Waals surface area contributed by atoms with Crippen LogP contribution in [0.1, 0.15) is 10.5 Å². The average molecular weight is 269 g/mol. The van der Waals surface area contributed by atoms with Crippen LogP contribution in [0.5, 0.6) is 5.75 Å². The number of halogens is 2. The van der Waals surface area contributed by atoms with Gasteiger partial charge in [-0.25, -0.2) is 4.39 Å². The zero-order valence-corrected chi connectivity index (χ0v) is 10.2. The Bertz CT molecular complexity index is 583. The van der Waals surface area contributed by atoms with Crippen molar-refractivity contribution in [2.45, 2.75) is 0 Å². The van der Waals surface area contributed by atoms with E-state index in [1.807, 2.05) is 0 Å². The average Bonchev–Trinajstić information content (AvgIpc) is 2.78. The fourth-order valence-electron chi connectivity index (χ4n) is 1.46. The van der Waals surface area contributed by atoms with E-state index in [4.69, 9.17) is 16.3 Å². The van der Waals surface area contributed by atoms with E-state index in [2.05, 4.69) is 10.3 Å². The standard InChI is InChI=1S/C12H10ClFN2O2/c1-18-11-5-8(14)2-3-9(11)16-12(17)10-4-7(13)6-15-10/h2-6,15H,1H3,(H,16,17). The maximum atomic E-state index is 13.0. The number of ether oxygens (including phenoxy) is 1. The van der Waals surface area contributed by atoms with Crippen LogP contribution in [-0.4, -0.2) is 18.0 Å². The molecule has 4 nitrogen and oxygen atoms in total. The number of hydrogen-bond donors (Lipinski definition) is 2. The van der Waals surface area contributed by atoms with Crippen molar-refractivity contribution in [3.8, 4) is 5.75 Å². The van der Waals surface area contributed by atoms with Gasteiger partial charge in [0, 0.05) is 12.3 Å². The summed E-state index contributed by atoms with van der Waals surface area (Å²) in [4.78, 5) is 14.5. The Morgan fingerprint density at radius 2 is 2.22 bits per heavy atom. The molecule has 0 aliphatic heterocycles. The summed E-state index contributed by atoms with van der Waals surface area (Å²) in [5.41, 5.74) is 0.695. The minimum Gasteiger partial charge on any atom is -0.494 e. The van der Waals surface area contributed by atoms with E-state index in [-0.39, 0.29) is 11.7 Å². The minimum absolute atomic E-state index is 0.251. The van der Waals surface area contributed by atoms with Crippen molar-refractivity contribution in [3.63, 3.8) is 0 Å². The Morgan fingerprint density at radius 3 is 2.83 bits per heavy atom. The van der Waals surface area contributed by atoms with Crippen LogP contribution in [0.4, 0.5) is 10.1 Å². The molecule has 6 heteroatoms. The first-order valence-corrected chi connectivity index (χ1v) is 5.47. The number of carbonyl (C=O) groups excluding carboxylic acids is 1. The van der Waals surface area contributed by atoms with Crippen molar-refractivity contribution in [2.75, 3.05) is 12.4 Å². The summed E-state index contributed by atoms with van der Waals surface area (Å²) >= 11 is 5.70. The quantitative estimate of drug-likeness (QED) is 0.899. The topological polar surface area (TPSA) is 54.1 Å². The Kier molecular flexibility index (Phi) is 3.53. The molecule has 0 unspecified atom stereocenters. The Balaban J connectivity index is 2.21. The van der Waals surface area contributed by atoms with Gasteiger partial charge in [0.25, 0.3) is 5.91 Å². The minimum atomic E-state index is -0.437. The van der Waals surface area contributed by atoms with Crippen molar-refractivity contribution >= 4 is 23.2 Å². The summed E-state index contributed by atoms with van der Waals surface area (Å²) in [7, 11) is 1.40. The second kappa shape index (κ2) is 5.10. The summed E-state index contributed by atoms with van der Waals surface area (Å²) < 4.78 is 18.0. The number of rotatable bonds is 3. The highest BCUT2D eigenvalue weighted by Crippen LogP contribution is 2.25. The maximum absolute atomic E-state index is 13.0. The summed E-state index contributed by atoms with van der Waals surface area (Å²) in [6.45, 7) is 0. The van der Waals surface area contributed by atoms with Gasteiger partial charge in [0.15, 0.2) is 0 Å². The van der Waals surface area contributed by atoms with E-state index in [1.165, 1.54) is 37.6 Å². The lowest BCUT2D eigenvalue weighted by atomic mass is 10.2. The summed E-state index contributed by atoms with van der Waals surface area (Å²) in [5, 5.41) is 3.03. The van der Waals surface area contributed by atoms with Crippen molar-refractivity contribution in [1.82, 2.24) is 4.98 Å². The fourth-order valence-corrected chi connectivity index (χ4v) is 1.62. The molecule has 1 amide bonds. The van der Waals surface area contributed by atoms with Gasteiger partial charge in [0.05, 0.1) is 17.8 Å². The zero-order chi connectivity index (χ0) is 13.1. The molecule has 1 aromatic carbocycles. The third-order valence-corrected chi connectivity index (χ3v) is 2.52. The number of anilines is 1. The van der Waals surface area contributed by atoms with Crippen molar-refractivity contribution in [1.29, 1.82) is 0 Å². The van der Waals surface area contributed by atoms with Crippen LogP contribution in [0, 0.1) is 5.82 Å². The number of H-pyrrole nitrogens is 1. The van der Waals surface area contributed by atoms with Gasteiger partial charge in [-0.1, -0.05) is 11.6 Å². The first-order chi connectivity index (χ1) is 8.60. The number of hydrogen-bond acceptors (Lipinski definition) is 2. The smallest absolute Gasteiger partial charge is 0.272 e. The van der Waals surface area contributed by atoms with Crippen LogP contribution in [0.3, 0.4) is 0 Å². The molecule has 1 heterocycles. The second-order valence-corrected chi connectivity index (χ2v) is 3.97. The molecule has 2 aromatic rings. The largest absolute Gasteiger partial charge is 0.494 e. The third-order valence-electron chi connectivity index (χ3n) is 2.30. The molecule has 2 N–H and O–H groups in total. The lowest BCUT2D eigenvalue weighted by molar-refractivity contribution is 0.102. The molecule has 0 bridgehead atoms. The molecule has 0 atom stereocenters. The van der Waals surface area contributed by atoms with E-state index in [0.29, 0.717) is 16.4 Å². The van der Waals surface area contributed by atoms with Crippen LogP contribution < -0.4 is 10.1 Å². The summed E-state index contributed by atoms with van der Waals surface area (Å²) in [5.74, 6) is -0.569. The highest BCUT2D eigenvalue weighted by molar-refractivity contribution is 6.31. The van der Waals surface area contributed by atoms with E-state index >= 15 is 0 Å². The predicted octanol–water partition coefficient (Wildman–Crippen LogP) is 3.07. The molecule has 2 rings (SSSR count). The fraction of sp³-hybridized carbons (Fsp3) is 0.0833. The van der Waals surface area contributed by atoms with E-state index in [9.17, 15) is 9.18 Å². The van der Waals surface area contributed by atoms with Gasteiger partial charge < -0.3 is 15.0 Å². The molecule has 0 radical (unpaired) electrons. The zero-order valence-electron chi connectivity index (χ0n) is 9.46. The van der Waals surface area contributed by atoms with Gasteiger partial charge in [0.1, 0.15) is 17.3 Å². The maximum Gasteiger partial charge on any atom is 0.272 e.